The number of rotatable bonds is 6. The summed E-state index contributed by atoms with van der Waals surface area (Å²) < 4.78 is 4.01. The zero-order valence-electron chi connectivity index (χ0n) is 19.1. The molecular formula is C27H23BrN4O3. The average Bonchev–Trinajstić information content (AvgIpc) is 3.21. The van der Waals surface area contributed by atoms with Gasteiger partial charge in [0, 0.05) is 40.6 Å². The zero-order chi connectivity index (χ0) is 24.5. The van der Waals surface area contributed by atoms with Crippen LogP contribution in [0.5, 0.6) is 0 Å². The fourth-order valence-corrected chi connectivity index (χ4v) is 4.63. The molecule has 2 aromatic heterocycles. The maximum Gasteiger partial charge on any atom is 0.330 e. The Morgan fingerprint density at radius 1 is 1.03 bits per heavy atom. The number of carbonyl (C=O) groups is 1. The molecule has 2 N–H and O–H groups in total. The lowest BCUT2D eigenvalue weighted by Gasteiger charge is -2.12. The highest BCUT2D eigenvalue weighted by molar-refractivity contribution is 9.10. The highest BCUT2D eigenvalue weighted by Crippen LogP contribution is 2.32. The summed E-state index contributed by atoms with van der Waals surface area (Å²) in [7, 11) is 0. The molecule has 0 atom stereocenters. The second-order valence-corrected chi connectivity index (χ2v) is 9.17. The van der Waals surface area contributed by atoms with E-state index in [2.05, 4.69) is 20.5 Å². The van der Waals surface area contributed by atoms with Crippen LogP contribution in [0.1, 0.15) is 13.3 Å². The number of fused-ring (bicyclic) bond motifs is 2. The Hall–Kier alpha value is -3.75. The van der Waals surface area contributed by atoms with Crippen LogP contribution in [0, 0.1) is 0 Å². The maximum absolute atomic E-state index is 13.7. The molecule has 3 aromatic carbocycles. The van der Waals surface area contributed by atoms with E-state index in [1.807, 2.05) is 72.9 Å². The fourth-order valence-electron chi connectivity index (χ4n) is 4.26. The summed E-state index contributed by atoms with van der Waals surface area (Å²) in [6.45, 7) is 2.54. The number of carbonyl (C=O) groups excluding carboxylic acids is 1. The van der Waals surface area contributed by atoms with Gasteiger partial charge in [-0.05, 0) is 54.4 Å². The molecule has 0 aliphatic heterocycles. The van der Waals surface area contributed by atoms with Gasteiger partial charge in [-0.2, -0.15) is 0 Å². The Labute approximate surface area is 209 Å². The molecule has 7 nitrogen and oxygen atoms in total. The van der Waals surface area contributed by atoms with Gasteiger partial charge in [0.25, 0.3) is 0 Å². The molecule has 0 aliphatic carbocycles. The van der Waals surface area contributed by atoms with Crippen molar-refractivity contribution in [2.45, 2.75) is 19.9 Å². The van der Waals surface area contributed by atoms with E-state index in [0.717, 1.165) is 37.7 Å². The van der Waals surface area contributed by atoms with Crippen molar-refractivity contribution in [1.29, 1.82) is 0 Å². The van der Waals surface area contributed by atoms with Gasteiger partial charge in [0.15, 0.2) is 0 Å². The van der Waals surface area contributed by atoms with E-state index in [9.17, 15) is 9.59 Å². The zero-order valence-corrected chi connectivity index (χ0v) is 20.7. The number of nitrogens with two attached hydrogens (primary N) is 1. The average molecular weight is 531 g/mol. The Balaban J connectivity index is 1.77. The van der Waals surface area contributed by atoms with Crippen LogP contribution in [0.25, 0.3) is 44.3 Å². The van der Waals surface area contributed by atoms with Crippen molar-refractivity contribution in [2.24, 2.45) is 5.73 Å². The van der Waals surface area contributed by atoms with Crippen LogP contribution in [0.3, 0.4) is 0 Å². The van der Waals surface area contributed by atoms with Crippen LogP contribution in [0.2, 0.25) is 0 Å². The topological polar surface area (TPSA) is 92.1 Å². The lowest BCUT2D eigenvalue weighted by atomic mass is 10.0. The highest BCUT2D eigenvalue weighted by atomic mass is 79.9. The van der Waals surface area contributed by atoms with Gasteiger partial charge >= 0.3 is 11.5 Å². The van der Waals surface area contributed by atoms with Crippen molar-refractivity contribution >= 4 is 43.8 Å². The van der Waals surface area contributed by atoms with E-state index in [1.54, 1.807) is 0 Å². The van der Waals surface area contributed by atoms with Crippen LogP contribution >= 0.6 is 15.9 Å². The Morgan fingerprint density at radius 2 is 1.83 bits per heavy atom. The van der Waals surface area contributed by atoms with Crippen molar-refractivity contribution in [2.75, 3.05) is 6.54 Å². The molecule has 2 heterocycles. The van der Waals surface area contributed by atoms with Gasteiger partial charge < -0.3 is 15.1 Å². The van der Waals surface area contributed by atoms with Gasteiger partial charge in [0.05, 0.1) is 5.52 Å². The van der Waals surface area contributed by atoms with E-state index in [1.165, 1.54) is 6.92 Å². The number of hydrogen-bond donors (Lipinski definition) is 1. The van der Waals surface area contributed by atoms with Gasteiger partial charge in [-0.1, -0.05) is 52.3 Å². The molecule has 0 spiro atoms. The first kappa shape index (κ1) is 23.0. The van der Waals surface area contributed by atoms with E-state index < -0.39 is 11.5 Å². The molecule has 5 aromatic rings. The van der Waals surface area contributed by atoms with E-state index in [4.69, 9.17) is 15.6 Å². The second-order valence-electron chi connectivity index (χ2n) is 8.25. The molecule has 0 fully saturated rings. The van der Waals surface area contributed by atoms with E-state index in [0.29, 0.717) is 29.7 Å². The summed E-state index contributed by atoms with van der Waals surface area (Å²) in [6, 6.07) is 21.3. The van der Waals surface area contributed by atoms with Crippen LogP contribution < -0.4 is 16.1 Å². The van der Waals surface area contributed by atoms with E-state index in [-0.39, 0.29) is 5.69 Å². The lowest BCUT2D eigenvalue weighted by Crippen LogP contribution is -2.31. The first-order chi connectivity index (χ1) is 17.0. The third-order valence-corrected chi connectivity index (χ3v) is 6.34. The molecule has 0 saturated heterocycles. The third kappa shape index (κ3) is 4.38. The minimum Gasteiger partial charge on any atom is -0.347 e. The van der Waals surface area contributed by atoms with Gasteiger partial charge in [-0.3, -0.25) is 4.79 Å². The monoisotopic (exact) mass is 530 g/mol. The normalized spacial score (nSPS) is 11.3. The van der Waals surface area contributed by atoms with Gasteiger partial charge in [-0.25, -0.2) is 9.78 Å². The number of hydrogen-bond acceptors (Lipinski definition) is 5. The van der Waals surface area contributed by atoms with Gasteiger partial charge in [0.1, 0.15) is 11.2 Å². The summed E-state index contributed by atoms with van der Waals surface area (Å²) >= 11 is 3.53. The summed E-state index contributed by atoms with van der Waals surface area (Å²) in [5.41, 5.74) is 9.90. The van der Waals surface area contributed by atoms with Crippen LogP contribution in [0.4, 0.5) is 0 Å². The Bertz CT molecular complexity index is 1620. The molecule has 0 bridgehead atoms. The lowest BCUT2D eigenvalue weighted by molar-refractivity contribution is -0.141. The standard InChI is InChI=1S/C27H23BrN4O3/c1-17(33)35-32-25-14-19(18-6-3-2-4-7-18)8-10-23(25)30-26(27(32)34)22-16-31(13-5-12-29)24-11-9-20(28)15-21(22)24/h2-4,6-11,14-16H,5,12-13,29H2,1H3. The number of nitrogens with zero attached hydrogens (tertiary/aromatic N) is 3. The molecule has 5 rings (SSSR count). The van der Waals surface area contributed by atoms with E-state index >= 15 is 0 Å². The van der Waals surface area contributed by atoms with Crippen LogP contribution in [0.15, 0.2) is 82.2 Å². The molecule has 0 aliphatic rings. The smallest absolute Gasteiger partial charge is 0.330 e. The van der Waals surface area contributed by atoms with Crippen molar-refractivity contribution < 1.29 is 9.63 Å². The second kappa shape index (κ2) is 9.48. The summed E-state index contributed by atoms with van der Waals surface area (Å²) in [4.78, 5) is 35.8. The SMILES string of the molecule is CC(=O)On1c(=O)c(-c2cn(CCCN)c3ccc(Br)cc23)nc2ccc(-c3ccccc3)cc21. The molecule has 0 unspecified atom stereocenters. The minimum absolute atomic E-state index is 0.209. The summed E-state index contributed by atoms with van der Waals surface area (Å²) in [6.07, 6.45) is 2.71. The van der Waals surface area contributed by atoms with Gasteiger partial charge in [0.2, 0.25) is 0 Å². The largest absolute Gasteiger partial charge is 0.347 e. The minimum atomic E-state index is -0.594. The number of benzene rings is 3. The highest BCUT2D eigenvalue weighted by Gasteiger charge is 2.20. The summed E-state index contributed by atoms with van der Waals surface area (Å²) in [5.74, 6) is -0.594. The van der Waals surface area contributed by atoms with Crippen molar-refractivity contribution in [3.63, 3.8) is 0 Å². The Kier molecular flexibility index (Phi) is 6.23. The molecule has 8 heteroatoms. The quantitative estimate of drug-likeness (QED) is 0.341. The fraction of sp³-hybridized carbons (Fsp3) is 0.148. The number of halogens is 1. The molecular weight excluding hydrogens is 508 g/mol. The number of aromatic nitrogens is 3. The van der Waals surface area contributed by atoms with Crippen molar-refractivity contribution in [1.82, 2.24) is 14.3 Å². The van der Waals surface area contributed by atoms with Gasteiger partial charge in [-0.15, -0.1) is 4.73 Å². The molecule has 0 radical (unpaired) electrons. The van der Waals surface area contributed by atoms with Crippen LogP contribution in [-0.2, 0) is 11.3 Å². The van der Waals surface area contributed by atoms with Crippen molar-refractivity contribution in [3.05, 3.63) is 87.8 Å². The Morgan fingerprint density at radius 3 is 2.57 bits per heavy atom. The molecule has 35 heavy (non-hydrogen) atoms. The van der Waals surface area contributed by atoms with Crippen LogP contribution in [-0.4, -0.2) is 26.8 Å². The first-order valence-electron chi connectivity index (χ1n) is 11.3. The molecule has 176 valence electrons. The third-order valence-electron chi connectivity index (χ3n) is 5.84. The first-order valence-corrected chi connectivity index (χ1v) is 12.1. The predicted molar refractivity (Wildman–Crippen MR) is 141 cm³/mol. The predicted octanol–water partition coefficient (Wildman–Crippen LogP) is 4.77. The molecule has 0 saturated carbocycles. The number of aryl methyl sites for hydroxylation is 1. The molecule has 0 amide bonds. The summed E-state index contributed by atoms with van der Waals surface area (Å²) in [5, 5.41) is 0.871. The maximum atomic E-state index is 13.7. The van der Waals surface area contributed by atoms with Crippen molar-refractivity contribution in [3.8, 4) is 22.4 Å².